The summed E-state index contributed by atoms with van der Waals surface area (Å²) in [7, 11) is -7.48. The predicted molar refractivity (Wildman–Crippen MR) is 172 cm³/mol. The van der Waals surface area contributed by atoms with E-state index in [1.165, 1.54) is 55.6 Å². The van der Waals surface area contributed by atoms with Gasteiger partial charge in [-0.3, -0.25) is 4.55 Å². The highest BCUT2D eigenvalue weighted by Gasteiger charge is 2.24. The Hall–Kier alpha value is -4.86. The van der Waals surface area contributed by atoms with Crippen molar-refractivity contribution in [1.29, 1.82) is 0 Å². The third-order valence-electron chi connectivity index (χ3n) is 6.13. The molecule has 1 unspecified atom stereocenters. The van der Waals surface area contributed by atoms with Gasteiger partial charge in [-0.25, -0.2) is 12.6 Å². The fraction of sp³-hybridized carbons (Fsp3) is 0.0714. The second kappa shape index (κ2) is 13.6. The monoisotopic (exact) mass is 703 g/mol. The molecule has 46 heavy (non-hydrogen) atoms. The highest BCUT2D eigenvalue weighted by atomic mass is 35.5. The predicted octanol–water partition coefficient (Wildman–Crippen LogP) is 6.64. The van der Waals surface area contributed by atoms with Crippen molar-refractivity contribution in [2.45, 2.75) is 16.7 Å². The van der Waals surface area contributed by atoms with Crippen molar-refractivity contribution in [2.75, 3.05) is 12.8 Å². The van der Waals surface area contributed by atoms with Crippen molar-refractivity contribution in [1.82, 2.24) is 0 Å². The molecule has 0 radical (unpaired) electrons. The molecule has 4 rings (SSSR count). The smallest absolute Gasteiger partial charge is 0.296 e. The molecule has 0 saturated heterocycles. The second-order valence-electron chi connectivity index (χ2n) is 9.04. The van der Waals surface area contributed by atoms with Gasteiger partial charge in [0, 0.05) is 22.1 Å². The van der Waals surface area contributed by atoms with Crippen LogP contribution in [0.2, 0.25) is 0 Å². The van der Waals surface area contributed by atoms with Crippen LogP contribution in [0.4, 0.5) is 28.4 Å². The molecular weight excluding hydrogens is 682 g/mol. The molecule has 0 aliphatic carbocycles. The van der Waals surface area contributed by atoms with Crippen LogP contribution in [0.15, 0.2) is 96.8 Å². The lowest BCUT2D eigenvalue weighted by molar-refractivity contribution is 0.415. The van der Waals surface area contributed by atoms with Crippen molar-refractivity contribution in [3.63, 3.8) is 0 Å². The lowest BCUT2D eigenvalue weighted by Crippen LogP contribution is -2.02. The number of azo groups is 2. The molecule has 4 aromatic carbocycles. The molecule has 0 bridgehead atoms. The molecule has 0 saturated carbocycles. The van der Waals surface area contributed by atoms with Crippen LogP contribution in [0.5, 0.6) is 17.2 Å². The summed E-state index contributed by atoms with van der Waals surface area (Å²) in [6.07, 6.45) is 0. The summed E-state index contributed by atoms with van der Waals surface area (Å²) in [5.41, 5.74) is 5.94. The number of nitrogens with two attached hydrogens (primary N) is 1. The third kappa shape index (κ3) is 7.33. The number of aryl methyl sites for hydroxylation is 1. The average molecular weight is 704 g/mol. The lowest BCUT2D eigenvalue weighted by atomic mass is 10.0. The topological polar surface area (TPSA) is 220 Å². The Morgan fingerprint density at radius 1 is 1.00 bits per heavy atom. The number of hydrogen-bond donors (Lipinski definition) is 3. The average Bonchev–Trinajstić information content (AvgIpc) is 2.99. The molecule has 238 valence electrons. The molecule has 0 aromatic heterocycles. The van der Waals surface area contributed by atoms with Crippen LogP contribution in [0.3, 0.4) is 0 Å². The van der Waals surface area contributed by atoms with E-state index in [0.717, 1.165) is 11.5 Å². The number of sulfone groups is 1. The first-order valence-corrected chi connectivity index (χ1v) is 16.9. The van der Waals surface area contributed by atoms with Gasteiger partial charge in [0.2, 0.25) is 20.9 Å². The number of rotatable bonds is 10. The lowest BCUT2D eigenvalue weighted by Gasteiger charge is -2.14. The van der Waals surface area contributed by atoms with E-state index < -0.39 is 47.4 Å². The van der Waals surface area contributed by atoms with Crippen LogP contribution >= 0.6 is 11.6 Å². The van der Waals surface area contributed by atoms with Crippen LogP contribution in [0, 0.1) is 17.6 Å². The van der Waals surface area contributed by atoms with Gasteiger partial charge in [-0.2, -0.15) is 13.5 Å². The van der Waals surface area contributed by atoms with Gasteiger partial charge in [-0.15, -0.1) is 15.3 Å². The highest BCUT2D eigenvalue weighted by Crippen LogP contribution is 2.47. The van der Waals surface area contributed by atoms with Gasteiger partial charge < -0.3 is 19.8 Å². The maximum absolute atomic E-state index is 12.3. The van der Waals surface area contributed by atoms with Crippen LogP contribution in [-0.2, 0) is 31.0 Å². The summed E-state index contributed by atoms with van der Waals surface area (Å²) < 4.78 is 81.0. The van der Waals surface area contributed by atoms with Gasteiger partial charge in [0.15, 0.2) is 5.75 Å². The fourth-order valence-electron chi connectivity index (χ4n) is 4.04. The number of nitrogen functional groups attached to an aromatic ring is 1. The van der Waals surface area contributed by atoms with Crippen molar-refractivity contribution >= 4 is 81.8 Å². The SMILES string of the molecule is C=CS(=O)Oc1ccc(OC)c(N=Nc2c(C)cc3cc(S(=O)(=O)O)c(N=Nc4ccc(S(=O)(=O)C#CCl)cc4)c(N)c3c2O)c1. The van der Waals surface area contributed by atoms with Gasteiger partial charge >= 0.3 is 0 Å². The second-order valence-corrected chi connectivity index (χ2v) is 13.3. The Kier molecular flexibility index (Phi) is 10.1. The van der Waals surface area contributed by atoms with Crippen LogP contribution in [0.1, 0.15) is 5.56 Å². The number of hydrogen-bond acceptors (Lipinski definition) is 13. The number of phenolic OH excluding ortho intramolecular Hbond substituents is 1. The van der Waals surface area contributed by atoms with Crippen molar-refractivity contribution in [3.05, 3.63) is 72.1 Å². The summed E-state index contributed by atoms with van der Waals surface area (Å²) in [4.78, 5) is -0.876. The number of nitrogens with zero attached hydrogens (tertiary/aromatic N) is 4. The minimum Gasteiger partial charge on any atom is -0.505 e. The van der Waals surface area contributed by atoms with Crippen LogP contribution in [0.25, 0.3) is 10.8 Å². The molecular formula is C28H22ClN5O9S3. The Labute approximate surface area is 270 Å². The molecule has 0 spiro atoms. The quantitative estimate of drug-likeness (QED) is 0.0691. The number of benzene rings is 4. The van der Waals surface area contributed by atoms with Gasteiger partial charge in [0.25, 0.3) is 10.1 Å². The number of halogens is 1. The van der Waals surface area contributed by atoms with Crippen molar-refractivity contribution in [3.8, 4) is 27.9 Å². The van der Waals surface area contributed by atoms with E-state index in [1.54, 1.807) is 12.3 Å². The van der Waals surface area contributed by atoms with E-state index in [1.807, 2.05) is 5.25 Å². The first kappa shape index (κ1) is 34.0. The minimum absolute atomic E-state index is 0.0541. The number of phenols is 1. The normalized spacial score (nSPS) is 12.6. The van der Waals surface area contributed by atoms with Gasteiger partial charge in [-0.05, 0) is 78.0 Å². The molecule has 0 amide bonds. The number of aromatic hydroxyl groups is 1. The van der Waals surface area contributed by atoms with E-state index in [0.29, 0.717) is 5.56 Å². The number of ether oxygens (including phenoxy) is 1. The molecule has 4 aromatic rings. The summed E-state index contributed by atoms with van der Waals surface area (Å²) in [5, 5.41) is 32.2. The largest absolute Gasteiger partial charge is 0.505 e. The van der Waals surface area contributed by atoms with Gasteiger partial charge in [0.05, 0.1) is 28.8 Å². The molecule has 14 nitrogen and oxygen atoms in total. The summed E-state index contributed by atoms with van der Waals surface area (Å²) in [6, 6.07) is 11.8. The molecule has 0 heterocycles. The zero-order valence-electron chi connectivity index (χ0n) is 23.7. The Morgan fingerprint density at radius 2 is 1.67 bits per heavy atom. The molecule has 0 fully saturated rings. The van der Waals surface area contributed by atoms with Crippen LogP contribution < -0.4 is 14.7 Å². The first-order valence-electron chi connectivity index (χ1n) is 12.5. The van der Waals surface area contributed by atoms with Crippen molar-refractivity contribution < 1.29 is 39.6 Å². The summed E-state index contributed by atoms with van der Waals surface area (Å²) >= 11 is 3.39. The van der Waals surface area contributed by atoms with E-state index in [9.17, 15) is 30.7 Å². The van der Waals surface area contributed by atoms with Crippen molar-refractivity contribution in [2.24, 2.45) is 20.5 Å². The standard InChI is InChI=1S/C28H22ClN5O9S3/c1-4-44(36)43-19-7-10-22(42-3)21(15-19)32-33-26-16(2)13-17-14-23(46(39,40)41)27(25(30)24(17)28(26)35)34-31-18-5-8-20(9-6-18)45(37,38)12-11-29/h4-10,13-15,35H,1,30H2,2-3H3,(H,39,40,41). The van der Waals surface area contributed by atoms with E-state index in [4.69, 9.17) is 26.3 Å². The minimum atomic E-state index is -4.91. The van der Waals surface area contributed by atoms with E-state index >= 15 is 0 Å². The molecule has 4 N–H and O–H groups in total. The highest BCUT2D eigenvalue weighted by molar-refractivity contribution is 7.96. The van der Waals surface area contributed by atoms with Crippen LogP contribution in [-0.4, -0.2) is 37.8 Å². The third-order valence-corrected chi connectivity index (χ3v) is 9.09. The Morgan fingerprint density at radius 3 is 2.28 bits per heavy atom. The Bertz CT molecular complexity index is 2250. The first-order chi connectivity index (χ1) is 21.7. The Balaban J connectivity index is 1.84. The summed E-state index contributed by atoms with van der Waals surface area (Å²) in [6.45, 7) is 4.96. The molecule has 18 heteroatoms. The van der Waals surface area contributed by atoms with E-state index in [-0.39, 0.29) is 49.9 Å². The zero-order valence-corrected chi connectivity index (χ0v) is 26.9. The molecule has 0 aliphatic heterocycles. The molecule has 1 atom stereocenters. The number of methoxy groups -OCH3 is 1. The zero-order chi connectivity index (χ0) is 33.8. The fourth-order valence-corrected chi connectivity index (χ4v) is 6.09. The van der Waals surface area contributed by atoms with Gasteiger partial charge in [0.1, 0.15) is 33.5 Å². The summed E-state index contributed by atoms with van der Waals surface area (Å²) in [5.74, 6) is -0.0515. The van der Waals surface area contributed by atoms with Gasteiger partial charge in [-0.1, -0.05) is 6.58 Å². The maximum atomic E-state index is 12.3. The molecule has 0 aliphatic rings. The number of anilines is 1. The number of fused-ring (bicyclic) bond motifs is 1. The maximum Gasteiger partial charge on any atom is 0.296 e. The van der Waals surface area contributed by atoms with E-state index in [2.05, 4.69) is 27.0 Å².